The molecular weight excluding hydrogens is 597 g/mol. The first-order valence-corrected chi connectivity index (χ1v) is 13.8. The second-order valence-electron chi connectivity index (χ2n) is 10.9. The lowest BCUT2D eigenvalue weighted by Gasteiger charge is -2.37. The number of aliphatic hydroxyl groups excluding tert-OH is 1. The summed E-state index contributed by atoms with van der Waals surface area (Å²) in [6.07, 6.45) is -2.78. The van der Waals surface area contributed by atoms with Crippen molar-refractivity contribution in [2.24, 2.45) is 11.8 Å². The molecule has 1 aliphatic heterocycles. The highest BCUT2D eigenvalue weighted by atomic mass is 19.2. The van der Waals surface area contributed by atoms with Crippen LogP contribution < -0.4 is 16.0 Å². The number of hydrogen-bond donors (Lipinski definition) is 5. The third-order valence-corrected chi connectivity index (χ3v) is 8.05. The van der Waals surface area contributed by atoms with Gasteiger partial charge in [0.1, 0.15) is 23.9 Å². The normalized spacial score (nSPS) is 26.8. The van der Waals surface area contributed by atoms with Crippen molar-refractivity contribution < 1.29 is 56.1 Å². The molecule has 2 aliphatic rings. The van der Waals surface area contributed by atoms with Gasteiger partial charge in [0.25, 0.3) is 5.91 Å². The molecule has 6 atom stereocenters. The molecule has 1 saturated heterocycles. The minimum atomic E-state index is -2.41. The van der Waals surface area contributed by atoms with Crippen LogP contribution in [0.25, 0.3) is 0 Å². The van der Waals surface area contributed by atoms with Crippen LogP contribution in [0.2, 0.25) is 0 Å². The van der Waals surface area contributed by atoms with Gasteiger partial charge in [0, 0.05) is 12.0 Å². The molecule has 5 N–H and O–H groups in total. The van der Waals surface area contributed by atoms with E-state index in [1.165, 1.54) is 38.1 Å². The number of ether oxygens (including phenoxy) is 1. The molecule has 10 nitrogen and oxygen atoms in total. The van der Waals surface area contributed by atoms with E-state index in [-0.39, 0.29) is 11.5 Å². The standard InChI is InChI=1S/C29H30F5N3O7/c1-11-25(39)16(10-15-18(30)20(32)22(34)21(33)19(15)31)35-28(42)23(36-27(41)14-8-3-4-9-17(14)38)12(2)44-29(43)24(37-26(11)40)13-6-5-7-13/h3-4,8-9,11-13,16,23-25,38-39H,5-7,10H2,1-2H3,(H,35,42)(H,36,41)(H,37,40)/t11-,12-,16+,23+,24?,25+/m1/s1. The molecule has 0 radical (unpaired) electrons. The summed E-state index contributed by atoms with van der Waals surface area (Å²) in [5, 5.41) is 28.2. The second-order valence-corrected chi connectivity index (χ2v) is 10.9. The number of para-hydroxylation sites is 1. The van der Waals surface area contributed by atoms with E-state index in [4.69, 9.17) is 4.74 Å². The first kappa shape index (κ1) is 32.6. The Labute approximate surface area is 248 Å². The number of aromatic hydroxyl groups is 1. The zero-order valence-corrected chi connectivity index (χ0v) is 23.5. The summed E-state index contributed by atoms with van der Waals surface area (Å²) in [4.78, 5) is 52.9. The number of benzene rings is 2. The van der Waals surface area contributed by atoms with Crippen LogP contribution in [0.1, 0.15) is 49.0 Å². The van der Waals surface area contributed by atoms with Gasteiger partial charge in [0.15, 0.2) is 23.3 Å². The SMILES string of the molecule is C[C@H]1OC(=O)C(C2CCC2)NC(=O)[C@H](C)[C@H](O)[C@H](Cc2c(F)c(F)c(F)c(F)c2F)NC(=O)[C@H]1NC(=O)c1ccccc1O. The number of aliphatic hydroxyl groups is 1. The molecule has 4 rings (SSSR count). The largest absolute Gasteiger partial charge is 0.507 e. The lowest BCUT2D eigenvalue weighted by Crippen LogP contribution is -2.61. The third-order valence-electron chi connectivity index (χ3n) is 8.05. The fourth-order valence-electron chi connectivity index (χ4n) is 5.12. The number of rotatable bonds is 5. The average molecular weight is 628 g/mol. The molecule has 238 valence electrons. The van der Waals surface area contributed by atoms with Gasteiger partial charge < -0.3 is 30.9 Å². The molecule has 3 amide bonds. The lowest BCUT2D eigenvalue weighted by atomic mass is 9.79. The van der Waals surface area contributed by atoms with Crippen molar-refractivity contribution in [2.75, 3.05) is 0 Å². The highest BCUT2D eigenvalue weighted by molar-refractivity contribution is 6.00. The van der Waals surface area contributed by atoms with Gasteiger partial charge in [-0.05, 0) is 37.8 Å². The summed E-state index contributed by atoms with van der Waals surface area (Å²) in [5.74, 6) is -17.6. The number of phenols is 1. The Morgan fingerprint density at radius 3 is 2.09 bits per heavy atom. The van der Waals surface area contributed by atoms with E-state index in [0.717, 1.165) is 6.42 Å². The number of hydrogen-bond acceptors (Lipinski definition) is 7. The van der Waals surface area contributed by atoms with Gasteiger partial charge in [-0.25, -0.2) is 26.7 Å². The predicted molar refractivity (Wildman–Crippen MR) is 141 cm³/mol. The summed E-state index contributed by atoms with van der Waals surface area (Å²) in [7, 11) is 0. The van der Waals surface area contributed by atoms with Crippen molar-refractivity contribution >= 4 is 23.7 Å². The Morgan fingerprint density at radius 2 is 1.52 bits per heavy atom. The van der Waals surface area contributed by atoms with E-state index in [9.17, 15) is 51.3 Å². The Kier molecular flexibility index (Phi) is 9.76. The maximum atomic E-state index is 14.6. The van der Waals surface area contributed by atoms with Crippen molar-refractivity contribution in [3.05, 3.63) is 64.5 Å². The van der Waals surface area contributed by atoms with Crippen LogP contribution >= 0.6 is 0 Å². The van der Waals surface area contributed by atoms with Gasteiger partial charge in [0.2, 0.25) is 17.6 Å². The quantitative estimate of drug-likeness (QED) is 0.147. The number of halogens is 5. The average Bonchev–Trinajstić information content (AvgIpc) is 2.96. The number of esters is 1. The molecular formula is C29H30F5N3O7. The first-order valence-electron chi connectivity index (χ1n) is 13.8. The van der Waals surface area contributed by atoms with Gasteiger partial charge in [-0.1, -0.05) is 25.5 Å². The molecule has 0 bridgehead atoms. The number of cyclic esters (lactones) is 1. The van der Waals surface area contributed by atoms with Gasteiger partial charge >= 0.3 is 5.97 Å². The number of amides is 3. The maximum absolute atomic E-state index is 14.6. The summed E-state index contributed by atoms with van der Waals surface area (Å²) < 4.78 is 76.4. The number of carbonyl (C=O) groups is 4. The van der Waals surface area contributed by atoms with Crippen LogP contribution in [0.3, 0.4) is 0 Å². The van der Waals surface area contributed by atoms with E-state index in [1.807, 2.05) is 0 Å². The van der Waals surface area contributed by atoms with Crippen molar-refractivity contribution in [3.8, 4) is 5.75 Å². The van der Waals surface area contributed by atoms with Crippen LogP contribution in [-0.2, 0) is 25.5 Å². The van der Waals surface area contributed by atoms with Gasteiger partial charge in [-0.2, -0.15) is 0 Å². The molecule has 1 unspecified atom stereocenters. The molecule has 0 aromatic heterocycles. The van der Waals surface area contributed by atoms with E-state index >= 15 is 0 Å². The van der Waals surface area contributed by atoms with Crippen LogP contribution in [0.4, 0.5) is 22.0 Å². The second kappa shape index (κ2) is 13.2. The molecule has 1 aliphatic carbocycles. The Morgan fingerprint density at radius 1 is 0.932 bits per heavy atom. The fraction of sp³-hybridized carbons (Fsp3) is 0.448. The van der Waals surface area contributed by atoms with Gasteiger partial charge in [-0.15, -0.1) is 0 Å². The monoisotopic (exact) mass is 627 g/mol. The highest BCUT2D eigenvalue weighted by Gasteiger charge is 2.42. The summed E-state index contributed by atoms with van der Waals surface area (Å²) in [6.45, 7) is 2.41. The number of phenolic OH excluding ortho intramolecular Hbond substituents is 1. The van der Waals surface area contributed by atoms with E-state index in [2.05, 4.69) is 16.0 Å². The summed E-state index contributed by atoms with van der Waals surface area (Å²) >= 11 is 0. The van der Waals surface area contributed by atoms with Gasteiger partial charge in [-0.3, -0.25) is 14.4 Å². The topological polar surface area (TPSA) is 154 Å². The van der Waals surface area contributed by atoms with Crippen molar-refractivity contribution in [3.63, 3.8) is 0 Å². The molecule has 44 heavy (non-hydrogen) atoms. The molecule has 1 saturated carbocycles. The minimum absolute atomic E-state index is 0.267. The summed E-state index contributed by atoms with van der Waals surface area (Å²) in [5.41, 5.74) is -1.64. The lowest BCUT2D eigenvalue weighted by molar-refractivity contribution is -0.158. The first-order chi connectivity index (χ1) is 20.7. The predicted octanol–water partition coefficient (Wildman–Crippen LogP) is 2.14. The van der Waals surface area contributed by atoms with E-state index in [0.29, 0.717) is 12.8 Å². The van der Waals surface area contributed by atoms with E-state index < -0.39 is 107 Å². The van der Waals surface area contributed by atoms with Crippen LogP contribution in [0, 0.1) is 40.9 Å². The minimum Gasteiger partial charge on any atom is -0.507 e. The molecule has 15 heteroatoms. The highest BCUT2D eigenvalue weighted by Crippen LogP contribution is 2.31. The Hall–Kier alpha value is -4.27. The van der Waals surface area contributed by atoms with Crippen molar-refractivity contribution in [1.29, 1.82) is 0 Å². The van der Waals surface area contributed by atoms with Crippen LogP contribution in [0.15, 0.2) is 24.3 Å². The van der Waals surface area contributed by atoms with E-state index in [1.54, 1.807) is 0 Å². The zero-order valence-electron chi connectivity index (χ0n) is 23.5. The molecule has 2 aromatic carbocycles. The van der Waals surface area contributed by atoms with Gasteiger partial charge in [0.05, 0.1) is 23.6 Å². The fourth-order valence-corrected chi connectivity index (χ4v) is 5.12. The summed E-state index contributed by atoms with van der Waals surface area (Å²) in [6, 6.07) is 0.454. The van der Waals surface area contributed by atoms with Crippen molar-refractivity contribution in [2.45, 2.75) is 69.9 Å². The number of carbonyl (C=O) groups excluding carboxylic acids is 4. The molecule has 2 aromatic rings. The molecule has 0 spiro atoms. The smallest absolute Gasteiger partial charge is 0.329 e. The zero-order chi connectivity index (χ0) is 32.5. The molecule has 1 heterocycles. The number of nitrogens with one attached hydrogen (secondary N) is 3. The van der Waals surface area contributed by atoms with Crippen LogP contribution in [0.5, 0.6) is 5.75 Å². The Balaban J connectivity index is 1.75. The van der Waals surface area contributed by atoms with Crippen molar-refractivity contribution in [1.82, 2.24) is 16.0 Å². The third kappa shape index (κ3) is 6.47. The Bertz CT molecular complexity index is 1440. The maximum Gasteiger partial charge on any atom is 0.329 e. The molecule has 2 fully saturated rings. The van der Waals surface area contributed by atoms with Crippen LogP contribution in [-0.4, -0.2) is 64.2 Å².